The zero-order valence-electron chi connectivity index (χ0n) is 9.72. The van der Waals surface area contributed by atoms with E-state index in [4.69, 9.17) is 5.73 Å². The van der Waals surface area contributed by atoms with Crippen molar-refractivity contribution in [1.29, 1.82) is 0 Å². The molecule has 0 amide bonds. The van der Waals surface area contributed by atoms with Crippen LogP contribution < -0.4 is 5.73 Å². The van der Waals surface area contributed by atoms with Crippen molar-refractivity contribution in [3.63, 3.8) is 0 Å². The van der Waals surface area contributed by atoms with Crippen LogP contribution in [-0.2, 0) is 0 Å². The molecule has 1 aliphatic carbocycles. The lowest BCUT2D eigenvalue weighted by Crippen LogP contribution is -2.05. The van der Waals surface area contributed by atoms with E-state index in [1.54, 1.807) is 0 Å². The van der Waals surface area contributed by atoms with E-state index in [1.165, 1.54) is 5.69 Å². The standard InChI is InChI=1S/C13H17N3/c1-13(2)9(7-14)12(13)10-8-16-6-4-3-5-11(16)15-10/h3-6,8-9,12H,7,14H2,1-2H3/t9-,12+/m0/s1. The van der Waals surface area contributed by atoms with Gasteiger partial charge in [-0.3, -0.25) is 0 Å². The lowest BCUT2D eigenvalue weighted by Gasteiger charge is -1.98. The van der Waals surface area contributed by atoms with Crippen molar-refractivity contribution in [1.82, 2.24) is 9.38 Å². The number of imidazole rings is 1. The molecule has 84 valence electrons. The number of hydrogen-bond acceptors (Lipinski definition) is 2. The van der Waals surface area contributed by atoms with Crippen molar-refractivity contribution in [3.8, 4) is 0 Å². The Morgan fingerprint density at radius 3 is 2.88 bits per heavy atom. The summed E-state index contributed by atoms with van der Waals surface area (Å²) in [6, 6.07) is 6.08. The van der Waals surface area contributed by atoms with Crippen LogP contribution in [0.15, 0.2) is 30.6 Å². The van der Waals surface area contributed by atoms with Crippen molar-refractivity contribution in [3.05, 3.63) is 36.3 Å². The summed E-state index contributed by atoms with van der Waals surface area (Å²) in [5.41, 5.74) is 8.32. The average Bonchev–Trinajstić information content (AvgIpc) is 2.65. The van der Waals surface area contributed by atoms with Crippen molar-refractivity contribution < 1.29 is 0 Å². The molecule has 0 spiro atoms. The number of fused-ring (bicyclic) bond motifs is 1. The molecule has 0 unspecified atom stereocenters. The third kappa shape index (κ3) is 1.21. The quantitative estimate of drug-likeness (QED) is 0.833. The van der Waals surface area contributed by atoms with Crippen LogP contribution in [-0.4, -0.2) is 15.9 Å². The predicted molar refractivity (Wildman–Crippen MR) is 64.3 cm³/mol. The van der Waals surface area contributed by atoms with Gasteiger partial charge < -0.3 is 10.1 Å². The lowest BCUT2D eigenvalue weighted by atomic mass is 10.1. The number of aromatic nitrogens is 2. The van der Waals surface area contributed by atoms with Gasteiger partial charge in [-0.15, -0.1) is 0 Å². The van der Waals surface area contributed by atoms with Gasteiger partial charge in [-0.25, -0.2) is 4.98 Å². The van der Waals surface area contributed by atoms with Gasteiger partial charge in [-0.05, 0) is 30.0 Å². The lowest BCUT2D eigenvalue weighted by molar-refractivity contribution is 0.557. The Balaban J connectivity index is 2.02. The van der Waals surface area contributed by atoms with Crippen LogP contribution in [0.4, 0.5) is 0 Å². The monoisotopic (exact) mass is 215 g/mol. The number of nitrogens with two attached hydrogens (primary N) is 1. The Hall–Kier alpha value is -1.35. The minimum absolute atomic E-state index is 0.312. The topological polar surface area (TPSA) is 43.3 Å². The molecule has 3 nitrogen and oxygen atoms in total. The van der Waals surface area contributed by atoms with E-state index in [9.17, 15) is 0 Å². The molecule has 0 radical (unpaired) electrons. The highest BCUT2D eigenvalue weighted by atomic mass is 15.0. The molecule has 2 aromatic rings. The number of nitrogens with zero attached hydrogens (tertiary/aromatic N) is 2. The van der Waals surface area contributed by atoms with E-state index in [1.807, 2.05) is 24.4 Å². The third-order valence-electron chi connectivity index (χ3n) is 4.01. The zero-order valence-corrected chi connectivity index (χ0v) is 9.72. The van der Waals surface area contributed by atoms with Crippen LogP contribution in [0.3, 0.4) is 0 Å². The first-order valence-corrected chi connectivity index (χ1v) is 5.78. The molecule has 0 bridgehead atoms. The summed E-state index contributed by atoms with van der Waals surface area (Å²) < 4.78 is 2.08. The molecule has 0 aliphatic heterocycles. The van der Waals surface area contributed by atoms with E-state index < -0.39 is 0 Å². The van der Waals surface area contributed by atoms with Gasteiger partial charge in [0.1, 0.15) is 5.65 Å². The highest BCUT2D eigenvalue weighted by Crippen LogP contribution is 2.63. The van der Waals surface area contributed by atoms with Gasteiger partial charge in [0.25, 0.3) is 0 Å². The molecule has 2 N–H and O–H groups in total. The van der Waals surface area contributed by atoms with Gasteiger partial charge >= 0.3 is 0 Å². The molecule has 0 aromatic carbocycles. The van der Waals surface area contributed by atoms with Gasteiger partial charge in [0.2, 0.25) is 0 Å². The summed E-state index contributed by atoms with van der Waals surface area (Å²) in [5.74, 6) is 1.11. The van der Waals surface area contributed by atoms with Crippen LogP contribution >= 0.6 is 0 Å². The van der Waals surface area contributed by atoms with Crippen molar-refractivity contribution >= 4 is 5.65 Å². The fraction of sp³-hybridized carbons (Fsp3) is 0.462. The maximum atomic E-state index is 5.80. The number of pyridine rings is 1. The first-order valence-electron chi connectivity index (χ1n) is 5.78. The van der Waals surface area contributed by atoms with E-state index in [0.29, 0.717) is 17.3 Å². The van der Waals surface area contributed by atoms with Crippen LogP contribution in [0.25, 0.3) is 5.65 Å². The molecule has 1 saturated carbocycles. The highest BCUT2D eigenvalue weighted by molar-refractivity contribution is 5.42. The molecule has 2 aromatic heterocycles. The average molecular weight is 215 g/mol. The molecule has 1 fully saturated rings. The van der Waals surface area contributed by atoms with Gasteiger partial charge in [-0.1, -0.05) is 19.9 Å². The molecule has 3 heteroatoms. The van der Waals surface area contributed by atoms with Gasteiger partial charge in [0.15, 0.2) is 0 Å². The van der Waals surface area contributed by atoms with E-state index in [-0.39, 0.29) is 0 Å². The molecular weight excluding hydrogens is 198 g/mol. The van der Waals surface area contributed by atoms with Crippen LogP contribution in [0, 0.1) is 11.3 Å². The number of rotatable bonds is 2. The van der Waals surface area contributed by atoms with Crippen molar-refractivity contribution in [2.75, 3.05) is 6.54 Å². The molecule has 0 saturated heterocycles. The van der Waals surface area contributed by atoms with E-state index in [2.05, 4.69) is 29.4 Å². The summed E-state index contributed by atoms with van der Waals surface area (Å²) in [6.07, 6.45) is 4.18. The maximum absolute atomic E-state index is 5.80. The van der Waals surface area contributed by atoms with Crippen LogP contribution in [0.1, 0.15) is 25.5 Å². The Bertz CT molecular complexity index is 494. The highest BCUT2D eigenvalue weighted by Gasteiger charge is 2.58. The molecule has 3 rings (SSSR count). The van der Waals surface area contributed by atoms with E-state index in [0.717, 1.165) is 12.2 Å². The summed E-state index contributed by atoms with van der Waals surface area (Å²) in [7, 11) is 0. The molecule has 2 atom stereocenters. The third-order valence-corrected chi connectivity index (χ3v) is 4.01. The molecule has 16 heavy (non-hydrogen) atoms. The Kier molecular flexibility index (Phi) is 1.89. The Labute approximate surface area is 95.3 Å². The van der Waals surface area contributed by atoms with Crippen molar-refractivity contribution in [2.24, 2.45) is 17.1 Å². The minimum Gasteiger partial charge on any atom is -0.330 e. The Morgan fingerprint density at radius 1 is 1.44 bits per heavy atom. The first-order chi connectivity index (χ1) is 7.64. The van der Waals surface area contributed by atoms with E-state index >= 15 is 0 Å². The Morgan fingerprint density at radius 2 is 2.25 bits per heavy atom. The fourth-order valence-electron chi connectivity index (χ4n) is 2.88. The summed E-state index contributed by atoms with van der Waals surface area (Å²) in [4.78, 5) is 4.68. The molecule has 1 aliphatic rings. The number of hydrogen-bond donors (Lipinski definition) is 1. The second-order valence-electron chi connectivity index (χ2n) is 5.27. The zero-order chi connectivity index (χ0) is 11.3. The van der Waals surface area contributed by atoms with Crippen LogP contribution in [0.2, 0.25) is 0 Å². The summed E-state index contributed by atoms with van der Waals surface area (Å²) >= 11 is 0. The molecular formula is C13H17N3. The summed E-state index contributed by atoms with van der Waals surface area (Å²) in [5, 5.41) is 0. The van der Waals surface area contributed by atoms with Crippen LogP contribution in [0.5, 0.6) is 0 Å². The smallest absolute Gasteiger partial charge is 0.136 e. The minimum atomic E-state index is 0.312. The SMILES string of the molecule is CC1(C)[C@@H](CN)[C@@H]1c1cn2ccccc2n1. The van der Waals surface area contributed by atoms with Gasteiger partial charge in [0.05, 0.1) is 5.69 Å². The fourth-order valence-corrected chi connectivity index (χ4v) is 2.88. The molecule has 2 heterocycles. The van der Waals surface area contributed by atoms with Gasteiger partial charge in [0, 0.05) is 18.3 Å². The largest absolute Gasteiger partial charge is 0.330 e. The van der Waals surface area contributed by atoms with Crippen molar-refractivity contribution in [2.45, 2.75) is 19.8 Å². The first kappa shape index (κ1) is 9.85. The second kappa shape index (κ2) is 3.08. The normalized spacial score (nSPS) is 27.2. The predicted octanol–water partition coefficient (Wildman–Crippen LogP) is 2.03. The maximum Gasteiger partial charge on any atom is 0.136 e. The second-order valence-corrected chi connectivity index (χ2v) is 5.27. The summed E-state index contributed by atoms with van der Waals surface area (Å²) in [6.45, 7) is 5.31. The van der Waals surface area contributed by atoms with Gasteiger partial charge in [-0.2, -0.15) is 0 Å².